The van der Waals surface area contributed by atoms with E-state index >= 15 is 0 Å². The molecule has 2 aliphatic rings. The molecule has 8 heteroatoms. The zero-order chi connectivity index (χ0) is 32.9. The van der Waals surface area contributed by atoms with Crippen LogP contribution >= 0.6 is 23.2 Å². The number of fused-ring (bicyclic) bond motifs is 2. The Morgan fingerprint density at radius 2 is 1.33 bits per heavy atom. The summed E-state index contributed by atoms with van der Waals surface area (Å²) in [5.74, 6) is 1.03. The van der Waals surface area contributed by atoms with Gasteiger partial charge in [-0.25, -0.2) is 9.98 Å². The highest BCUT2D eigenvalue weighted by atomic mass is 35.5. The predicted octanol–water partition coefficient (Wildman–Crippen LogP) is 9.10. The molecule has 1 N–H and O–H groups in total. The highest BCUT2D eigenvalue weighted by molar-refractivity contribution is 6.31. The van der Waals surface area contributed by atoms with E-state index in [1.165, 1.54) is 0 Å². The number of nitrogens with one attached hydrogen (secondary N) is 1. The summed E-state index contributed by atoms with van der Waals surface area (Å²) in [6, 6.07) is 43.0. The maximum absolute atomic E-state index is 6.69. The number of benzene rings is 5. The van der Waals surface area contributed by atoms with E-state index in [1.807, 2.05) is 67.1 Å². The van der Waals surface area contributed by atoms with Crippen LogP contribution in [-0.4, -0.2) is 58.4 Å². The number of nitrogens with zero attached hydrogens (tertiary/aromatic N) is 5. The van der Waals surface area contributed by atoms with E-state index in [0.717, 1.165) is 76.4 Å². The smallest absolute Gasteiger partial charge is 0.138 e. The van der Waals surface area contributed by atoms with Crippen LogP contribution in [0.15, 0.2) is 151 Å². The Hall–Kier alpha value is -4.88. The van der Waals surface area contributed by atoms with Gasteiger partial charge in [-0.1, -0.05) is 114 Å². The number of aromatic nitrogens is 2. The van der Waals surface area contributed by atoms with Crippen molar-refractivity contribution < 1.29 is 0 Å². The van der Waals surface area contributed by atoms with Gasteiger partial charge in [0.25, 0.3) is 0 Å². The van der Waals surface area contributed by atoms with Gasteiger partial charge in [-0.05, 0) is 54.6 Å². The molecule has 48 heavy (non-hydrogen) atoms. The average molecular weight is 672 g/mol. The number of amidine groups is 1. The molecule has 6 aromatic rings. The first-order valence-corrected chi connectivity index (χ1v) is 16.8. The number of anilines is 2. The zero-order valence-corrected chi connectivity index (χ0v) is 28.2. The lowest BCUT2D eigenvalue weighted by molar-refractivity contribution is 0.216. The Morgan fingerprint density at radius 3 is 2.00 bits per heavy atom. The van der Waals surface area contributed by atoms with Crippen molar-refractivity contribution in [3.8, 4) is 0 Å². The maximum atomic E-state index is 6.69. The fraction of sp³-hybridized carbons (Fsp3) is 0.150. The lowest BCUT2D eigenvalue weighted by Gasteiger charge is -2.37. The first-order valence-electron chi connectivity index (χ1n) is 16.1. The van der Waals surface area contributed by atoms with Crippen LogP contribution in [0.3, 0.4) is 0 Å². The van der Waals surface area contributed by atoms with Crippen LogP contribution in [0.4, 0.5) is 17.1 Å². The van der Waals surface area contributed by atoms with Crippen molar-refractivity contribution in [2.45, 2.75) is 5.54 Å². The normalized spacial score (nSPS) is 14.4. The number of halogens is 2. The second-order valence-corrected chi connectivity index (χ2v) is 12.8. The van der Waals surface area contributed by atoms with Crippen molar-refractivity contribution in [2.24, 2.45) is 4.99 Å². The van der Waals surface area contributed by atoms with E-state index in [0.29, 0.717) is 5.02 Å². The SMILES string of the molecule is CN1CCN(C2=Nc3cc(Cl)ccc3Nc3ccccc32)CC1.Clc1ccccc1C(c1ccccc1)(c1ccccc1)n1ccnc1. The second-order valence-electron chi connectivity index (χ2n) is 12.0. The quantitative estimate of drug-likeness (QED) is 0.190. The van der Waals surface area contributed by atoms with Gasteiger partial charge in [0.15, 0.2) is 0 Å². The molecule has 0 radical (unpaired) electrons. The molecule has 0 unspecified atom stereocenters. The van der Waals surface area contributed by atoms with Gasteiger partial charge in [0.2, 0.25) is 0 Å². The molecule has 0 bridgehead atoms. The molecule has 0 spiro atoms. The van der Waals surface area contributed by atoms with Crippen molar-refractivity contribution in [3.63, 3.8) is 0 Å². The fourth-order valence-corrected chi connectivity index (χ4v) is 6.99. The van der Waals surface area contributed by atoms with Crippen LogP contribution in [-0.2, 0) is 5.54 Å². The number of para-hydroxylation sites is 1. The molecule has 5 aromatic carbocycles. The van der Waals surface area contributed by atoms with Crippen LogP contribution in [0, 0.1) is 0 Å². The first-order chi connectivity index (χ1) is 23.5. The van der Waals surface area contributed by atoms with Crippen LogP contribution in [0.1, 0.15) is 22.3 Å². The van der Waals surface area contributed by atoms with Crippen LogP contribution in [0.25, 0.3) is 0 Å². The second kappa shape index (κ2) is 14.1. The van der Waals surface area contributed by atoms with Crippen molar-refractivity contribution in [1.29, 1.82) is 0 Å². The molecule has 240 valence electrons. The van der Waals surface area contributed by atoms with Gasteiger partial charge in [0, 0.05) is 65.4 Å². The monoisotopic (exact) mass is 670 g/mol. The molecule has 1 saturated heterocycles. The van der Waals surface area contributed by atoms with Gasteiger partial charge in [-0.3, -0.25) is 0 Å². The molecule has 1 aromatic heterocycles. The number of imidazole rings is 1. The summed E-state index contributed by atoms with van der Waals surface area (Å²) < 4.78 is 2.12. The van der Waals surface area contributed by atoms with E-state index in [9.17, 15) is 0 Å². The van der Waals surface area contributed by atoms with E-state index in [4.69, 9.17) is 28.2 Å². The zero-order valence-electron chi connectivity index (χ0n) is 26.7. The van der Waals surface area contributed by atoms with Gasteiger partial charge in [-0.2, -0.15) is 0 Å². The summed E-state index contributed by atoms with van der Waals surface area (Å²) in [5.41, 5.74) is 6.81. The molecular formula is C40H36Cl2N6. The lowest BCUT2D eigenvalue weighted by Crippen LogP contribution is -2.47. The molecule has 6 nitrogen and oxygen atoms in total. The lowest BCUT2D eigenvalue weighted by atomic mass is 9.76. The van der Waals surface area contributed by atoms with E-state index in [2.05, 4.69) is 105 Å². The Kier molecular flexibility index (Phi) is 9.30. The molecule has 0 amide bonds. The molecular weight excluding hydrogens is 635 g/mol. The highest BCUT2D eigenvalue weighted by Gasteiger charge is 2.39. The summed E-state index contributed by atoms with van der Waals surface area (Å²) in [6.45, 7) is 4.08. The maximum Gasteiger partial charge on any atom is 0.138 e. The fourth-order valence-electron chi connectivity index (χ4n) is 6.55. The number of hydrogen-bond acceptors (Lipinski definition) is 5. The summed E-state index contributed by atoms with van der Waals surface area (Å²) >= 11 is 12.9. The minimum Gasteiger partial charge on any atom is -0.353 e. The van der Waals surface area contributed by atoms with Crippen LogP contribution < -0.4 is 5.32 Å². The molecule has 0 saturated carbocycles. The summed E-state index contributed by atoms with van der Waals surface area (Å²) in [5, 5.41) is 4.93. The average Bonchev–Trinajstić information content (AvgIpc) is 3.61. The van der Waals surface area contributed by atoms with Crippen LogP contribution in [0.2, 0.25) is 10.0 Å². The minimum absolute atomic E-state index is 0.586. The third-order valence-corrected chi connectivity index (χ3v) is 9.53. The minimum atomic E-state index is -0.586. The Balaban J connectivity index is 0.000000152. The third kappa shape index (κ3) is 6.22. The van der Waals surface area contributed by atoms with Crippen molar-refractivity contribution in [1.82, 2.24) is 19.4 Å². The molecule has 0 atom stereocenters. The molecule has 1 fully saturated rings. The molecule has 0 aliphatic carbocycles. The number of aliphatic imine (C=N–C) groups is 1. The first kappa shape index (κ1) is 31.7. The van der Waals surface area contributed by atoms with Gasteiger partial charge < -0.3 is 19.7 Å². The standard InChI is InChI=1S/C22H17ClN2.C18H19ClN4/c23-21-14-8-7-13-20(21)22(25-16-15-24-17-25,18-9-3-1-4-10-18)19-11-5-2-6-12-19;1-22-8-10-23(11-9-22)18-14-4-2-3-5-15(14)20-16-7-6-13(19)12-17(16)21-18/h1-17H;2-7,12,20H,8-11H2,1H3. The number of rotatable bonds is 4. The summed E-state index contributed by atoms with van der Waals surface area (Å²) in [6.07, 6.45) is 5.64. The van der Waals surface area contributed by atoms with E-state index in [1.54, 1.807) is 6.20 Å². The predicted molar refractivity (Wildman–Crippen MR) is 198 cm³/mol. The van der Waals surface area contributed by atoms with Gasteiger partial charge in [0.1, 0.15) is 11.4 Å². The molecule has 2 aliphatic heterocycles. The largest absolute Gasteiger partial charge is 0.353 e. The van der Waals surface area contributed by atoms with Gasteiger partial charge in [-0.15, -0.1) is 0 Å². The number of hydrogen-bond donors (Lipinski definition) is 1. The van der Waals surface area contributed by atoms with E-state index in [-0.39, 0.29) is 0 Å². The third-order valence-electron chi connectivity index (χ3n) is 8.96. The van der Waals surface area contributed by atoms with Crippen LogP contribution in [0.5, 0.6) is 0 Å². The molecule has 3 heterocycles. The molecule has 8 rings (SSSR count). The Morgan fingerprint density at radius 1 is 0.688 bits per heavy atom. The topological polar surface area (TPSA) is 48.7 Å². The van der Waals surface area contributed by atoms with Crippen molar-refractivity contribution in [3.05, 3.63) is 178 Å². The number of piperazine rings is 1. The highest BCUT2D eigenvalue weighted by Crippen LogP contribution is 2.43. The Bertz CT molecular complexity index is 1960. The van der Waals surface area contributed by atoms with Gasteiger partial charge >= 0.3 is 0 Å². The van der Waals surface area contributed by atoms with Crippen molar-refractivity contribution >= 4 is 46.1 Å². The summed E-state index contributed by atoms with van der Waals surface area (Å²) in [7, 11) is 2.16. The number of likely N-dealkylation sites (N-methyl/N-ethyl adjacent to an activating group) is 1. The van der Waals surface area contributed by atoms with Gasteiger partial charge in [0.05, 0.1) is 17.7 Å². The van der Waals surface area contributed by atoms with E-state index < -0.39 is 5.54 Å². The summed E-state index contributed by atoms with van der Waals surface area (Å²) in [4.78, 5) is 14.0. The Labute approximate surface area is 291 Å². The van der Waals surface area contributed by atoms with Crippen molar-refractivity contribution in [2.75, 3.05) is 38.5 Å².